The number of ketones is 1. The van der Waals surface area contributed by atoms with Crippen molar-refractivity contribution in [2.24, 2.45) is 5.41 Å². The first kappa shape index (κ1) is 35.4. The first-order valence-electron chi connectivity index (χ1n) is 12.7. The molecule has 0 radical (unpaired) electrons. The highest BCUT2D eigenvalue weighted by atomic mass is 16.6. The number of ether oxygens (including phenoxy) is 5. The molecule has 0 heterocycles. The molecule has 0 rings (SSSR count). The van der Waals surface area contributed by atoms with Gasteiger partial charge in [0.1, 0.15) is 24.4 Å². The largest absolute Gasteiger partial charge is 0.463 e. The number of carbonyl (C=O) groups excluding carboxylic acids is 3. The van der Waals surface area contributed by atoms with E-state index < -0.39 is 52.5 Å². The zero-order valence-corrected chi connectivity index (χ0v) is 24.6. The third-order valence-electron chi connectivity index (χ3n) is 6.69. The van der Waals surface area contributed by atoms with Crippen molar-refractivity contribution in [1.29, 1.82) is 0 Å². The molecule has 0 saturated carbocycles. The summed E-state index contributed by atoms with van der Waals surface area (Å²) in [6, 6.07) is 0. The summed E-state index contributed by atoms with van der Waals surface area (Å²) in [5.41, 5.74) is -2.99. The van der Waals surface area contributed by atoms with Crippen LogP contribution >= 0.6 is 0 Å². The smallest absolute Gasteiger partial charge is 0.302 e. The van der Waals surface area contributed by atoms with Crippen molar-refractivity contribution < 1.29 is 48.3 Å². The molecule has 0 aromatic carbocycles. The van der Waals surface area contributed by atoms with Crippen LogP contribution in [0.5, 0.6) is 0 Å². The summed E-state index contributed by atoms with van der Waals surface area (Å²) in [5, 5.41) is 20.6. The van der Waals surface area contributed by atoms with Crippen LogP contribution < -0.4 is 0 Å². The van der Waals surface area contributed by atoms with E-state index in [9.17, 15) is 24.6 Å². The van der Waals surface area contributed by atoms with E-state index in [2.05, 4.69) is 0 Å². The first-order chi connectivity index (χ1) is 16.6. The molecule has 10 heteroatoms. The highest BCUT2D eigenvalue weighted by molar-refractivity contribution is 5.83. The Morgan fingerprint density at radius 1 is 0.676 bits per heavy atom. The highest BCUT2D eigenvalue weighted by Crippen LogP contribution is 2.38. The predicted molar refractivity (Wildman–Crippen MR) is 138 cm³/mol. The van der Waals surface area contributed by atoms with Gasteiger partial charge in [0.05, 0.1) is 37.1 Å². The molecule has 0 aromatic heterocycles. The summed E-state index contributed by atoms with van der Waals surface area (Å²) >= 11 is 0. The summed E-state index contributed by atoms with van der Waals surface area (Å²) in [6.07, 6.45) is -1.78. The number of aliphatic hydroxyl groups is 2. The monoisotopic (exact) mass is 534 g/mol. The predicted octanol–water partition coefficient (Wildman–Crippen LogP) is 2.98. The minimum absolute atomic E-state index is 0.0109. The fraction of sp³-hybridized carbons (Fsp3) is 0.889. The van der Waals surface area contributed by atoms with E-state index >= 15 is 0 Å². The van der Waals surface area contributed by atoms with E-state index in [4.69, 9.17) is 23.7 Å². The number of carbonyl (C=O) groups is 3. The van der Waals surface area contributed by atoms with Gasteiger partial charge in [0.25, 0.3) is 0 Å². The number of hydrogen-bond acceptors (Lipinski definition) is 10. The van der Waals surface area contributed by atoms with Gasteiger partial charge in [0, 0.05) is 20.3 Å². The summed E-state index contributed by atoms with van der Waals surface area (Å²) in [5.74, 6) is -1.07. The lowest BCUT2D eigenvalue weighted by atomic mass is 9.73. The van der Waals surface area contributed by atoms with Gasteiger partial charge < -0.3 is 33.9 Å². The van der Waals surface area contributed by atoms with Crippen LogP contribution in [0.3, 0.4) is 0 Å². The molecule has 10 nitrogen and oxygen atoms in total. The molecule has 0 amide bonds. The standard InChI is InChI=1S/C27H50O10/c1-18(28)26(8,9)35-15-21(31)12-24(4,5)27(10,11)36-17-23(37-20(3)30)13-25(6,7)34-16-22(32)14-33-19(2)29/h21-23,31-32H,12-17H2,1-11H3. The van der Waals surface area contributed by atoms with Gasteiger partial charge >= 0.3 is 11.9 Å². The Morgan fingerprint density at radius 2 is 1.22 bits per heavy atom. The maximum Gasteiger partial charge on any atom is 0.302 e. The molecule has 0 aliphatic rings. The van der Waals surface area contributed by atoms with E-state index in [0.29, 0.717) is 12.8 Å². The lowest BCUT2D eigenvalue weighted by Gasteiger charge is -2.43. The highest BCUT2D eigenvalue weighted by Gasteiger charge is 2.41. The quantitative estimate of drug-likeness (QED) is 0.252. The van der Waals surface area contributed by atoms with Crippen molar-refractivity contribution in [3.8, 4) is 0 Å². The molecular weight excluding hydrogens is 484 g/mol. The SMILES string of the molecule is CC(=O)OCC(O)COC(C)(C)CC(COC(C)(C)C(C)(C)CC(O)COC(C)(C)C(C)=O)OC(C)=O. The molecule has 0 saturated heterocycles. The summed E-state index contributed by atoms with van der Waals surface area (Å²) in [4.78, 5) is 34.3. The average molecular weight is 535 g/mol. The van der Waals surface area contributed by atoms with Crippen LogP contribution in [0, 0.1) is 5.41 Å². The fourth-order valence-corrected chi connectivity index (χ4v) is 3.36. The molecule has 3 unspecified atom stereocenters. The van der Waals surface area contributed by atoms with Crippen LogP contribution in [0.2, 0.25) is 0 Å². The van der Waals surface area contributed by atoms with Gasteiger partial charge in [-0.15, -0.1) is 0 Å². The maximum absolute atomic E-state index is 11.7. The third-order valence-corrected chi connectivity index (χ3v) is 6.69. The topological polar surface area (TPSA) is 138 Å². The Hall–Kier alpha value is -1.59. The summed E-state index contributed by atoms with van der Waals surface area (Å²) in [7, 11) is 0. The molecule has 218 valence electrons. The maximum atomic E-state index is 11.7. The minimum Gasteiger partial charge on any atom is -0.463 e. The molecule has 37 heavy (non-hydrogen) atoms. The van der Waals surface area contributed by atoms with Gasteiger partial charge in [0.15, 0.2) is 5.78 Å². The number of hydrogen-bond donors (Lipinski definition) is 2. The van der Waals surface area contributed by atoms with Crippen LogP contribution in [0.4, 0.5) is 0 Å². The van der Waals surface area contributed by atoms with Gasteiger partial charge in [-0.05, 0) is 60.3 Å². The fourth-order valence-electron chi connectivity index (χ4n) is 3.36. The Bertz CT molecular complexity index is 741. The minimum atomic E-state index is -0.984. The van der Waals surface area contributed by atoms with Crippen molar-refractivity contribution in [1.82, 2.24) is 0 Å². The molecule has 0 bridgehead atoms. The van der Waals surface area contributed by atoms with Crippen molar-refractivity contribution in [3.63, 3.8) is 0 Å². The van der Waals surface area contributed by atoms with E-state index in [-0.39, 0.29) is 32.2 Å². The molecule has 2 N–H and O–H groups in total. The molecular formula is C27H50O10. The van der Waals surface area contributed by atoms with E-state index in [1.807, 2.05) is 27.7 Å². The van der Waals surface area contributed by atoms with Crippen LogP contribution in [0.25, 0.3) is 0 Å². The zero-order valence-electron chi connectivity index (χ0n) is 24.6. The number of rotatable bonds is 18. The zero-order chi connectivity index (χ0) is 29.2. The van der Waals surface area contributed by atoms with Gasteiger partial charge in [-0.25, -0.2) is 0 Å². The van der Waals surface area contributed by atoms with Crippen molar-refractivity contribution >= 4 is 17.7 Å². The second-order valence-electron chi connectivity index (χ2n) is 11.9. The molecule has 0 aliphatic carbocycles. The van der Waals surface area contributed by atoms with E-state index in [1.54, 1.807) is 27.7 Å². The lowest BCUT2D eigenvalue weighted by molar-refractivity contribution is -0.173. The van der Waals surface area contributed by atoms with Crippen LogP contribution in [-0.4, -0.2) is 89.5 Å². The Balaban J connectivity index is 5.11. The van der Waals surface area contributed by atoms with Crippen LogP contribution in [0.1, 0.15) is 89.0 Å². The average Bonchev–Trinajstić information content (AvgIpc) is 2.72. The molecule has 0 fully saturated rings. The second kappa shape index (κ2) is 14.5. The Labute approximate surface area is 222 Å². The summed E-state index contributed by atoms with van der Waals surface area (Å²) < 4.78 is 27.9. The first-order valence-corrected chi connectivity index (χ1v) is 12.7. The van der Waals surface area contributed by atoms with Gasteiger partial charge in [-0.1, -0.05) is 13.8 Å². The van der Waals surface area contributed by atoms with Gasteiger partial charge in [-0.2, -0.15) is 0 Å². The van der Waals surface area contributed by atoms with E-state index in [1.165, 1.54) is 20.8 Å². The lowest BCUT2D eigenvalue weighted by Crippen LogP contribution is -2.47. The van der Waals surface area contributed by atoms with Crippen LogP contribution in [-0.2, 0) is 38.1 Å². The molecule has 0 aliphatic heterocycles. The van der Waals surface area contributed by atoms with Crippen LogP contribution in [0.15, 0.2) is 0 Å². The van der Waals surface area contributed by atoms with Gasteiger partial charge in [0.2, 0.25) is 0 Å². The third kappa shape index (κ3) is 14.2. The molecule has 0 spiro atoms. The van der Waals surface area contributed by atoms with Gasteiger partial charge in [-0.3, -0.25) is 14.4 Å². The van der Waals surface area contributed by atoms with Crippen molar-refractivity contribution in [3.05, 3.63) is 0 Å². The second-order valence-corrected chi connectivity index (χ2v) is 11.9. The van der Waals surface area contributed by atoms with Crippen molar-refractivity contribution in [2.45, 2.75) is 124 Å². The normalized spacial score (nSPS) is 15.6. The molecule has 3 atom stereocenters. The number of esters is 2. The van der Waals surface area contributed by atoms with Crippen molar-refractivity contribution in [2.75, 3.05) is 26.4 Å². The number of aliphatic hydroxyl groups excluding tert-OH is 2. The van der Waals surface area contributed by atoms with E-state index in [0.717, 1.165) is 0 Å². The Morgan fingerprint density at radius 3 is 1.70 bits per heavy atom. The Kier molecular flexibility index (Phi) is 13.9. The molecule has 0 aromatic rings. The number of Topliss-reactive ketones (excluding diaryl/α,β-unsaturated/α-hetero) is 1. The summed E-state index contributed by atoms with van der Waals surface area (Å²) in [6.45, 7) is 18.6.